The Morgan fingerprint density at radius 2 is 1.72 bits per heavy atom. The Kier molecular flexibility index (Phi) is 6.71. The molecule has 0 aromatic heterocycles. The fourth-order valence-electron chi connectivity index (χ4n) is 6.05. The highest BCUT2D eigenvalue weighted by Gasteiger charge is 2.62. The summed E-state index contributed by atoms with van der Waals surface area (Å²) in [6.07, 6.45) is 2.91. The van der Waals surface area contributed by atoms with Crippen molar-refractivity contribution in [1.82, 2.24) is 4.90 Å². The van der Waals surface area contributed by atoms with E-state index >= 15 is 0 Å². The molecule has 3 amide bonds. The van der Waals surface area contributed by atoms with Crippen molar-refractivity contribution in [1.29, 1.82) is 0 Å². The average Bonchev–Trinajstić information content (AvgIpc) is 3.56. The normalized spacial score (nSPS) is 25.0. The van der Waals surface area contributed by atoms with E-state index in [-0.39, 0.29) is 41.9 Å². The maximum absolute atomic E-state index is 13.4. The maximum Gasteiger partial charge on any atom is 0.330 e. The molecule has 8 nitrogen and oxygen atoms in total. The summed E-state index contributed by atoms with van der Waals surface area (Å²) < 4.78 is 10.6. The average molecular weight is 511 g/mol. The van der Waals surface area contributed by atoms with Gasteiger partial charge in [-0.05, 0) is 54.9 Å². The summed E-state index contributed by atoms with van der Waals surface area (Å²) in [5.41, 5.74) is 1.12. The largest absolute Gasteiger partial charge is 0.495 e. The molecular formula is C27H27ClN2O6. The second-order valence-corrected chi connectivity index (χ2v) is 10.1. The van der Waals surface area contributed by atoms with Crippen molar-refractivity contribution in [2.75, 3.05) is 19.0 Å². The number of rotatable bonds is 8. The van der Waals surface area contributed by atoms with Crippen LogP contribution in [0.3, 0.4) is 0 Å². The molecule has 1 saturated heterocycles. The van der Waals surface area contributed by atoms with E-state index in [1.165, 1.54) is 13.2 Å². The lowest BCUT2D eigenvalue weighted by Crippen LogP contribution is -2.48. The number of nitrogens with zero attached hydrogens (tertiary/aromatic N) is 1. The third kappa shape index (κ3) is 4.46. The van der Waals surface area contributed by atoms with Gasteiger partial charge in [0.1, 0.15) is 11.8 Å². The zero-order valence-corrected chi connectivity index (χ0v) is 20.6. The fraction of sp³-hybridized carbons (Fsp3) is 0.407. The van der Waals surface area contributed by atoms with Crippen LogP contribution < -0.4 is 10.1 Å². The van der Waals surface area contributed by atoms with Crippen molar-refractivity contribution in [3.63, 3.8) is 0 Å². The number of anilines is 1. The van der Waals surface area contributed by atoms with E-state index in [0.29, 0.717) is 16.5 Å². The van der Waals surface area contributed by atoms with Gasteiger partial charge >= 0.3 is 5.97 Å². The lowest BCUT2D eigenvalue weighted by Gasteiger charge is -2.26. The number of methoxy groups -OCH3 is 1. The van der Waals surface area contributed by atoms with Gasteiger partial charge in [-0.1, -0.05) is 41.9 Å². The first-order valence-corrected chi connectivity index (χ1v) is 12.5. The number of carbonyl (C=O) groups excluding carboxylic acids is 4. The van der Waals surface area contributed by atoms with E-state index in [1.807, 2.05) is 30.3 Å². The predicted molar refractivity (Wildman–Crippen MR) is 131 cm³/mol. The SMILES string of the molecule is COc1ccc(Cl)cc1NC(=O)COC(=O)[C@H](Cc1ccccc1)N1C(=O)[C@@H]2[C@H]3CC[C@@H](C3)[C@H]2C1=O. The van der Waals surface area contributed by atoms with Gasteiger partial charge in [0.2, 0.25) is 11.8 Å². The summed E-state index contributed by atoms with van der Waals surface area (Å²) in [4.78, 5) is 53.7. The molecule has 0 radical (unpaired) electrons. The van der Waals surface area contributed by atoms with E-state index in [4.69, 9.17) is 21.1 Å². The summed E-state index contributed by atoms with van der Waals surface area (Å²) in [5, 5.41) is 3.01. The zero-order valence-electron chi connectivity index (χ0n) is 19.8. The van der Waals surface area contributed by atoms with Crippen LogP contribution in [0.25, 0.3) is 0 Å². The molecule has 1 aliphatic heterocycles. The number of amides is 3. The van der Waals surface area contributed by atoms with Crippen LogP contribution in [0.15, 0.2) is 48.5 Å². The first kappa shape index (κ1) is 24.3. The quantitative estimate of drug-likeness (QED) is 0.431. The van der Waals surface area contributed by atoms with Gasteiger partial charge in [0.25, 0.3) is 5.91 Å². The summed E-state index contributed by atoms with van der Waals surface area (Å²) in [6.45, 7) is -0.589. The number of benzene rings is 2. The molecule has 2 bridgehead atoms. The number of halogens is 1. The van der Waals surface area contributed by atoms with Crippen LogP contribution in [0.5, 0.6) is 5.75 Å². The Hall–Kier alpha value is -3.39. The highest BCUT2D eigenvalue weighted by Crippen LogP contribution is 2.56. The van der Waals surface area contributed by atoms with Crippen molar-refractivity contribution in [2.45, 2.75) is 31.7 Å². The molecule has 5 atom stereocenters. The molecular weight excluding hydrogens is 484 g/mol. The number of likely N-dealkylation sites (tertiary alicyclic amines) is 1. The van der Waals surface area contributed by atoms with Crippen molar-refractivity contribution in [2.24, 2.45) is 23.7 Å². The van der Waals surface area contributed by atoms with E-state index < -0.39 is 24.5 Å². The Labute approximate surface area is 213 Å². The Bertz CT molecular complexity index is 1170. The van der Waals surface area contributed by atoms with Crippen LogP contribution in [-0.4, -0.2) is 48.3 Å². The van der Waals surface area contributed by atoms with Crippen LogP contribution in [0.4, 0.5) is 5.69 Å². The van der Waals surface area contributed by atoms with Gasteiger partial charge in [0.05, 0.1) is 24.6 Å². The van der Waals surface area contributed by atoms with Crippen molar-refractivity contribution in [3.05, 3.63) is 59.1 Å². The number of nitrogens with one attached hydrogen (secondary N) is 1. The molecule has 0 spiro atoms. The molecule has 2 aromatic rings. The molecule has 9 heteroatoms. The molecule has 1 N–H and O–H groups in total. The minimum atomic E-state index is -1.13. The van der Waals surface area contributed by atoms with Gasteiger partial charge in [-0.3, -0.25) is 19.3 Å². The van der Waals surface area contributed by atoms with E-state index in [9.17, 15) is 19.2 Å². The molecule has 36 heavy (non-hydrogen) atoms. The Morgan fingerprint density at radius 3 is 2.36 bits per heavy atom. The van der Waals surface area contributed by atoms with Crippen molar-refractivity contribution < 1.29 is 28.7 Å². The van der Waals surface area contributed by atoms with Gasteiger partial charge in [0.15, 0.2) is 6.61 Å². The third-order valence-corrected chi connectivity index (χ3v) is 7.83. The number of hydrogen-bond donors (Lipinski definition) is 1. The number of fused-ring (bicyclic) bond motifs is 5. The van der Waals surface area contributed by atoms with Gasteiger partial charge in [-0.2, -0.15) is 0 Å². The van der Waals surface area contributed by atoms with Gasteiger partial charge in [0, 0.05) is 11.4 Å². The molecule has 3 aliphatic rings. The summed E-state index contributed by atoms with van der Waals surface area (Å²) in [7, 11) is 1.46. The number of imide groups is 1. The monoisotopic (exact) mass is 510 g/mol. The lowest BCUT2D eigenvalue weighted by atomic mass is 9.81. The molecule has 0 unspecified atom stereocenters. The zero-order chi connectivity index (χ0) is 25.4. The van der Waals surface area contributed by atoms with E-state index in [2.05, 4.69) is 5.32 Å². The summed E-state index contributed by atoms with van der Waals surface area (Å²) in [6, 6.07) is 12.8. The minimum absolute atomic E-state index is 0.121. The van der Waals surface area contributed by atoms with Crippen molar-refractivity contribution in [3.8, 4) is 5.75 Å². The van der Waals surface area contributed by atoms with Crippen LogP contribution in [0.2, 0.25) is 5.02 Å². The third-order valence-electron chi connectivity index (χ3n) is 7.60. The van der Waals surface area contributed by atoms with E-state index in [0.717, 1.165) is 29.7 Å². The number of hydrogen-bond acceptors (Lipinski definition) is 6. The number of esters is 1. The van der Waals surface area contributed by atoms with Crippen LogP contribution in [0.1, 0.15) is 24.8 Å². The maximum atomic E-state index is 13.4. The lowest BCUT2D eigenvalue weighted by molar-refractivity contribution is -0.160. The predicted octanol–water partition coefficient (Wildman–Crippen LogP) is 3.47. The highest BCUT2D eigenvalue weighted by atomic mass is 35.5. The molecule has 5 rings (SSSR count). The second kappa shape index (κ2) is 9.93. The fourth-order valence-corrected chi connectivity index (χ4v) is 6.23. The second-order valence-electron chi connectivity index (χ2n) is 9.64. The topological polar surface area (TPSA) is 102 Å². The molecule has 3 fully saturated rings. The standard InChI is InChI=1S/C27H27ClN2O6/c1-35-21-10-9-18(28)13-19(21)29-22(31)14-36-27(34)20(11-15-5-3-2-4-6-15)30-25(32)23-16-7-8-17(12-16)24(23)26(30)33/h2-6,9-10,13,16-17,20,23-24H,7-8,11-12,14H2,1H3,(H,29,31)/t16-,17-,20-,23+,24+/m0/s1. The molecule has 1 heterocycles. The van der Waals surface area contributed by atoms with Crippen molar-refractivity contribution >= 4 is 41.0 Å². The molecule has 2 saturated carbocycles. The van der Waals surface area contributed by atoms with E-state index in [1.54, 1.807) is 12.1 Å². The summed E-state index contributed by atoms with van der Waals surface area (Å²) >= 11 is 6.01. The van der Waals surface area contributed by atoms with Crippen LogP contribution in [0, 0.1) is 23.7 Å². The minimum Gasteiger partial charge on any atom is -0.495 e. The number of carbonyl (C=O) groups is 4. The molecule has 2 aliphatic carbocycles. The molecule has 2 aromatic carbocycles. The van der Waals surface area contributed by atoms with Gasteiger partial charge in [-0.25, -0.2) is 4.79 Å². The smallest absolute Gasteiger partial charge is 0.330 e. The first-order chi connectivity index (χ1) is 17.4. The van der Waals surface area contributed by atoms with Crippen LogP contribution >= 0.6 is 11.6 Å². The molecule has 188 valence electrons. The highest BCUT2D eigenvalue weighted by molar-refractivity contribution is 6.31. The van der Waals surface area contributed by atoms with Gasteiger partial charge in [-0.15, -0.1) is 0 Å². The van der Waals surface area contributed by atoms with Gasteiger partial charge < -0.3 is 14.8 Å². The number of ether oxygens (including phenoxy) is 2. The first-order valence-electron chi connectivity index (χ1n) is 12.1. The summed E-state index contributed by atoms with van der Waals surface area (Å²) in [5.74, 6) is -1.86. The van der Waals surface area contributed by atoms with Crippen LogP contribution in [-0.2, 0) is 30.3 Å². The Morgan fingerprint density at radius 1 is 1.06 bits per heavy atom. The Balaban J connectivity index is 1.32.